The van der Waals surface area contributed by atoms with Crippen LogP contribution in [0.5, 0.6) is 11.5 Å². The van der Waals surface area contributed by atoms with Crippen molar-refractivity contribution in [3.8, 4) is 11.5 Å². The van der Waals surface area contributed by atoms with Gasteiger partial charge in [0.25, 0.3) is 11.8 Å². The normalized spacial score (nSPS) is 23.2. The van der Waals surface area contributed by atoms with Gasteiger partial charge in [-0.25, -0.2) is 0 Å². The maximum Gasteiger partial charge on any atom is 0.255 e. The van der Waals surface area contributed by atoms with Crippen LogP contribution in [-0.4, -0.2) is 80.3 Å². The van der Waals surface area contributed by atoms with E-state index in [9.17, 15) is 9.59 Å². The molecule has 2 aliphatic heterocycles. The molecule has 2 N–H and O–H groups in total. The number of likely N-dealkylation sites (tertiary alicyclic amines) is 1. The summed E-state index contributed by atoms with van der Waals surface area (Å²) in [6, 6.07) is 4.99. The molecule has 0 saturated carbocycles. The predicted molar refractivity (Wildman–Crippen MR) is 113 cm³/mol. The largest absolute Gasteiger partial charge is 0.493 e. The number of primary amides is 1. The number of methoxy groups -OCH3 is 1. The fraction of sp³-hybridized carbons (Fsp3) is 0.636. The molecular formula is C22H33N3O5. The average molecular weight is 420 g/mol. The van der Waals surface area contributed by atoms with Gasteiger partial charge >= 0.3 is 0 Å². The minimum atomic E-state index is -0.568. The molecule has 166 valence electrons. The van der Waals surface area contributed by atoms with Crippen LogP contribution in [0.25, 0.3) is 0 Å². The van der Waals surface area contributed by atoms with Crippen LogP contribution in [-0.2, 0) is 9.53 Å². The monoisotopic (exact) mass is 419 g/mol. The van der Waals surface area contributed by atoms with Crippen molar-refractivity contribution in [3.05, 3.63) is 23.8 Å². The van der Waals surface area contributed by atoms with Crippen LogP contribution in [0.15, 0.2) is 18.2 Å². The summed E-state index contributed by atoms with van der Waals surface area (Å²) in [5.41, 5.74) is 5.67. The number of piperidine rings is 1. The van der Waals surface area contributed by atoms with Crippen molar-refractivity contribution in [2.75, 3.05) is 46.4 Å². The van der Waals surface area contributed by atoms with E-state index in [4.69, 9.17) is 19.9 Å². The molecule has 0 spiro atoms. The van der Waals surface area contributed by atoms with E-state index in [0.717, 1.165) is 45.6 Å². The molecule has 2 aliphatic rings. The number of carbonyl (C=O) groups excluding carboxylic acids is 2. The number of carbonyl (C=O) groups is 2. The number of benzene rings is 1. The second-order valence-electron chi connectivity index (χ2n) is 8.33. The fourth-order valence-corrected chi connectivity index (χ4v) is 4.37. The van der Waals surface area contributed by atoms with Gasteiger partial charge in [-0.2, -0.15) is 0 Å². The molecule has 1 aromatic carbocycles. The summed E-state index contributed by atoms with van der Waals surface area (Å²) in [5, 5.41) is 0. The molecule has 2 fully saturated rings. The maximum atomic E-state index is 13.0. The zero-order chi connectivity index (χ0) is 21.7. The van der Waals surface area contributed by atoms with Crippen LogP contribution in [0.1, 0.15) is 37.0 Å². The molecule has 2 saturated heterocycles. The van der Waals surface area contributed by atoms with Gasteiger partial charge in [-0.15, -0.1) is 0 Å². The summed E-state index contributed by atoms with van der Waals surface area (Å²) in [4.78, 5) is 28.3. The van der Waals surface area contributed by atoms with Crippen LogP contribution in [0.3, 0.4) is 0 Å². The van der Waals surface area contributed by atoms with Gasteiger partial charge in [0.15, 0.2) is 18.1 Å². The lowest BCUT2D eigenvalue weighted by molar-refractivity contribution is -0.119. The van der Waals surface area contributed by atoms with Crippen molar-refractivity contribution in [2.24, 2.45) is 11.7 Å². The van der Waals surface area contributed by atoms with Gasteiger partial charge < -0.3 is 24.8 Å². The van der Waals surface area contributed by atoms with E-state index in [2.05, 4.69) is 18.7 Å². The molecule has 0 aliphatic carbocycles. The van der Waals surface area contributed by atoms with Gasteiger partial charge in [0.1, 0.15) is 0 Å². The van der Waals surface area contributed by atoms with E-state index in [1.54, 1.807) is 18.2 Å². The van der Waals surface area contributed by atoms with Crippen molar-refractivity contribution >= 4 is 11.8 Å². The van der Waals surface area contributed by atoms with Crippen molar-refractivity contribution in [1.82, 2.24) is 9.80 Å². The number of ether oxygens (including phenoxy) is 3. The van der Waals surface area contributed by atoms with Gasteiger partial charge in [0.2, 0.25) is 0 Å². The molecule has 8 nitrogen and oxygen atoms in total. The first-order chi connectivity index (χ1) is 14.4. The van der Waals surface area contributed by atoms with Gasteiger partial charge in [0.05, 0.1) is 19.3 Å². The Morgan fingerprint density at radius 1 is 1.13 bits per heavy atom. The second kappa shape index (κ2) is 10.1. The first-order valence-electron chi connectivity index (χ1n) is 10.6. The van der Waals surface area contributed by atoms with Crippen LogP contribution >= 0.6 is 0 Å². The molecule has 0 bridgehead atoms. The molecule has 2 heterocycles. The van der Waals surface area contributed by atoms with Gasteiger partial charge in [-0.05, 0) is 50.8 Å². The summed E-state index contributed by atoms with van der Waals surface area (Å²) in [6.45, 7) is 8.55. The minimum Gasteiger partial charge on any atom is -0.493 e. The van der Waals surface area contributed by atoms with Gasteiger partial charge in [0, 0.05) is 38.3 Å². The molecule has 3 rings (SSSR count). The Labute approximate surface area is 178 Å². The van der Waals surface area contributed by atoms with E-state index >= 15 is 0 Å². The van der Waals surface area contributed by atoms with Crippen LogP contribution in [0.2, 0.25) is 0 Å². The van der Waals surface area contributed by atoms with Gasteiger partial charge in [-0.3, -0.25) is 14.5 Å². The van der Waals surface area contributed by atoms with Crippen LogP contribution in [0.4, 0.5) is 0 Å². The number of hydrogen-bond donors (Lipinski definition) is 1. The van der Waals surface area contributed by atoms with Gasteiger partial charge in [-0.1, -0.05) is 0 Å². The number of nitrogens with two attached hydrogens (primary N) is 1. The summed E-state index contributed by atoms with van der Waals surface area (Å²) in [6.07, 6.45) is 2.56. The van der Waals surface area contributed by atoms with Crippen LogP contribution in [0, 0.1) is 5.92 Å². The standard InChI is InChI=1S/C22H33N3O5/c1-15-11-24(12-16(2)30-15)13-17-6-8-25(9-7-17)22(27)18-4-5-19(20(10-18)28-3)29-14-21(23)26/h4-5,10,15-17H,6-9,11-14H2,1-3H3,(H2,23,26). The van der Waals surface area contributed by atoms with Crippen molar-refractivity contribution in [2.45, 2.75) is 38.9 Å². The molecule has 8 heteroatoms. The molecule has 30 heavy (non-hydrogen) atoms. The quantitative estimate of drug-likeness (QED) is 0.720. The maximum absolute atomic E-state index is 13.0. The molecule has 2 amide bonds. The lowest BCUT2D eigenvalue weighted by Gasteiger charge is -2.39. The fourth-order valence-electron chi connectivity index (χ4n) is 4.37. The van der Waals surface area contributed by atoms with E-state index in [0.29, 0.717) is 23.0 Å². The molecule has 2 atom stereocenters. The second-order valence-corrected chi connectivity index (χ2v) is 8.33. The summed E-state index contributed by atoms with van der Waals surface area (Å²) < 4.78 is 16.5. The van der Waals surface area contributed by atoms with Crippen molar-refractivity contribution in [3.63, 3.8) is 0 Å². The van der Waals surface area contributed by atoms with E-state index in [-0.39, 0.29) is 24.7 Å². The number of morpholine rings is 1. The SMILES string of the molecule is COc1cc(C(=O)N2CCC(CN3CC(C)OC(C)C3)CC2)ccc1OCC(N)=O. The topological polar surface area (TPSA) is 94.3 Å². The summed E-state index contributed by atoms with van der Waals surface area (Å²) in [5.74, 6) is 0.821. The zero-order valence-electron chi connectivity index (χ0n) is 18.1. The van der Waals surface area contributed by atoms with E-state index in [1.165, 1.54) is 7.11 Å². The molecule has 0 aromatic heterocycles. The Hall–Kier alpha value is -2.32. The first-order valence-corrected chi connectivity index (χ1v) is 10.6. The predicted octanol–water partition coefficient (Wildman–Crippen LogP) is 1.52. The third-order valence-electron chi connectivity index (χ3n) is 5.69. The highest BCUT2D eigenvalue weighted by atomic mass is 16.5. The van der Waals surface area contributed by atoms with Crippen molar-refractivity contribution < 1.29 is 23.8 Å². The van der Waals surface area contributed by atoms with E-state index < -0.39 is 5.91 Å². The minimum absolute atomic E-state index is 0.0122. The third kappa shape index (κ3) is 5.86. The van der Waals surface area contributed by atoms with Crippen molar-refractivity contribution in [1.29, 1.82) is 0 Å². The zero-order valence-corrected chi connectivity index (χ0v) is 18.1. The third-order valence-corrected chi connectivity index (χ3v) is 5.69. The lowest BCUT2D eigenvalue weighted by Crippen LogP contribution is -2.48. The number of nitrogens with zero attached hydrogens (tertiary/aromatic N) is 2. The van der Waals surface area contributed by atoms with E-state index in [1.807, 2.05) is 4.90 Å². The Kier molecular flexibility index (Phi) is 7.55. The number of amides is 2. The number of rotatable bonds is 7. The Morgan fingerprint density at radius 3 is 2.40 bits per heavy atom. The molecule has 1 aromatic rings. The lowest BCUT2D eigenvalue weighted by atomic mass is 9.95. The highest BCUT2D eigenvalue weighted by Crippen LogP contribution is 2.29. The Balaban J connectivity index is 1.54. The highest BCUT2D eigenvalue weighted by molar-refractivity contribution is 5.95. The smallest absolute Gasteiger partial charge is 0.255 e. The van der Waals surface area contributed by atoms with Crippen LogP contribution < -0.4 is 15.2 Å². The average Bonchev–Trinajstić information content (AvgIpc) is 2.71. The molecular weight excluding hydrogens is 386 g/mol. The molecule has 0 radical (unpaired) electrons. The first kappa shape index (κ1) is 22.4. The highest BCUT2D eigenvalue weighted by Gasteiger charge is 2.28. The molecule has 2 unspecified atom stereocenters. The summed E-state index contributed by atoms with van der Waals surface area (Å²) in [7, 11) is 1.50. The summed E-state index contributed by atoms with van der Waals surface area (Å²) >= 11 is 0. The Morgan fingerprint density at radius 2 is 1.80 bits per heavy atom. The number of hydrogen-bond acceptors (Lipinski definition) is 6. The Bertz CT molecular complexity index is 738.